The topological polar surface area (TPSA) is 75.4 Å². The van der Waals surface area contributed by atoms with Crippen molar-refractivity contribution >= 4 is 5.91 Å². The Kier molecular flexibility index (Phi) is 5.43. The van der Waals surface area contributed by atoms with Crippen molar-refractivity contribution in [3.63, 3.8) is 0 Å². The molecule has 0 N–H and O–H groups in total. The summed E-state index contributed by atoms with van der Waals surface area (Å²) in [5.41, 5.74) is 1.18. The van der Waals surface area contributed by atoms with Crippen molar-refractivity contribution in [3.05, 3.63) is 41.8 Å². The third-order valence-corrected chi connectivity index (χ3v) is 4.81. The average Bonchev–Trinajstić information content (AvgIpc) is 3.07. The molecule has 7 heteroatoms. The number of amides is 1. The van der Waals surface area contributed by atoms with E-state index in [-0.39, 0.29) is 17.9 Å². The van der Waals surface area contributed by atoms with Gasteiger partial charge >= 0.3 is 0 Å². The molecule has 25 heavy (non-hydrogen) atoms. The van der Waals surface area contributed by atoms with Gasteiger partial charge in [-0.15, -0.1) is 0 Å². The molecule has 0 radical (unpaired) electrons. The maximum absolute atomic E-state index is 12.9. The number of carbonyl (C=O) groups is 1. The van der Waals surface area contributed by atoms with E-state index < -0.39 is 0 Å². The summed E-state index contributed by atoms with van der Waals surface area (Å²) in [5, 5.41) is 3.81. The first-order valence-electron chi connectivity index (χ1n) is 8.72. The lowest BCUT2D eigenvalue weighted by atomic mass is 9.95. The van der Waals surface area contributed by atoms with Crippen molar-refractivity contribution in [1.29, 1.82) is 0 Å². The van der Waals surface area contributed by atoms with Gasteiger partial charge in [0.1, 0.15) is 6.04 Å². The van der Waals surface area contributed by atoms with E-state index in [9.17, 15) is 4.79 Å². The third kappa shape index (κ3) is 4.22. The van der Waals surface area contributed by atoms with E-state index in [0.717, 1.165) is 32.5 Å². The molecule has 2 aromatic rings. The molecule has 0 aliphatic carbocycles. The molecule has 1 saturated heterocycles. The quantitative estimate of drug-likeness (QED) is 0.828. The van der Waals surface area contributed by atoms with Crippen LogP contribution in [0.1, 0.15) is 43.1 Å². The molecule has 0 spiro atoms. The van der Waals surface area contributed by atoms with Crippen molar-refractivity contribution in [2.75, 3.05) is 20.1 Å². The summed E-state index contributed by atoms with van der Waals surface area (Å²) in [4.78, 5) is 25.4. The predicted molar refractivity (Wildman–Crippen MR) is 92.5 cm³/mol. The monoisotopic (exact) mass is 343 g/mol. The summed E-state index contributed by atoms with van der Waals surface area (Å²) in [6, 6.07) is 3.80. The highest BCUT2D eigenvalue weighted by Crippen LogP contribution is 2.24. The number of nitrogens with zero attached hydrogens (tertiary/aromatic N) is 5. The highest BCUT2D eigenvalue weighted by Gasteiger charge is 2.31. The van der Waals surface area contributed by atoms with Crippen LogP contribution in [0.25, 0.3) is 0 Å². The van der Waals surface area contributed by atoms with Crippen LogP contribution >= 0.6 is 0 Å². The van der Waals surface area contributed by atoms with Crippen LogP contribution < -0.4 is 0 Å². The maximum atomic E-state index is 12.9. The van der Waals surface area contributed by atoms with Gasteiger partial charge in [0.25, 0.3) is 0 Å². The molecular formula is C18H25N5O2. The first-order chi connectivity index (χ1) is 12.0. The minimum atomic E-state index is -0.220. The number of likely N-dealkylation sites (tertiary alicyclic amines) is 1. The summed E-state index contributed by atoms with van der Waals surface area (Å²) in [6.07, 6.45) is 5.61. The fourth-order valence-electron chi connectivity index (χ4n) is 3.28. The summed E-state index contributed by atoms with van der Waals surface area (Å²) < 4.78 is 5.21. The number of carbonyl (C=O) groups excluding carboxylic acids is 1. The summed E-state index contributed by atoms with van der Waals surface area (Å²) in [5.74, 6) is 1.21. The molecular weight excluding hydrogens is 318 g/mol. The van der Waals surface area contributed by atoms with Gasteiger partial charge in [0.05, 0.1) is 5.92 Å². The second-order valence-corrected chi connectivity index (χ2v) is 6.74. The average molecular weight is 343 g/mol. The Bertz CT molecular complexity index is 703. The molecule has 3 rings (SSSR count). The van der Waals surface area contributed by atoms with Crippen molar-refractivity contribution in [1.82, 2.24) is 24.9 Å². The van der Waals surface area contributed by atoms with Gasteiger partial charge in [0.15, 0.2) is 5.82 Å². The van der Waals surface area contributed by atoms with Crippen LogP contribution in [0.3, 0.4) is 0 Å². The first-order valence-corrected chi connectivity index (χ1v) is 8.72. The standard InChI is InChI=1S/C18H25N5O2/c1-13(17-20-14(2)21-25-17)22(3)18(24)16-7-5-9-23(12-16)11-15-6-4-8-19-10-15/h4,6,8,10,13,16H,5,7,9,11-12H2,1-3H3. The normalized spacial score (nSPS) is 19.6. The fourth-order valence-corrected chi connectivity index (χ4v) is 3.28. The number of aromatic nitrogens is 3. The molecule has 0 saturated carbocycles. The SMILES string of the molecule is Cc1noc(C(C)N(C)C(=O)C2CCCN(Cc3cccnc3)C2)n1. The molecule has 1 amide bonds. The largest absolute Gasteiger partial charge is 0.337 e. The van der Waals surface area contributed by atoms with E-state index in [1.807, 2.05) is 26.2 Å². The smallest absolute Gasteiger partial charge is 0.249 e. The van der Waals surface area contributed by atoms with Crippen LogP contribution in [-0.4, -0.2) is 51.0 Å². The highest BCUT2D eigenvalue weighted by molar-refractivity contribution is 5.79. The van der Waals surface area contributed by atoms with Crippen LogP contribution in [0, 0.1) is 12.8 Å². The number of pyridine rings is 1. The van der Waals surface area contributed by atoms with Gasteiger partial charge in [-0.05, 0) is 44.9 Å². The fraction of sp³-hybridized carbons (Fsp3) is 0.556. The Morgan fingerprint density at radius 2 is 2.36 bits per heavy atom. The van der Waals surface area contributed by atoms with Gasteiger partial charge in [-0.3, -0.25) is 14.7 Å². The van der Waals surface area contributed by atoms with Gasteiger partial charge in [-0.2, -0.15) is 4.98 Å². The number of piperidine rings is 1. The molecule has 0 bridgehead atoms. The Balaban J connectivity index is 1.61. The number of hydrogen-bond donors (Lipinski definition) is 0. The van der Waals surface area contributed by atoms with Crippen molar-refractivity contribution < 1.29 is 9.32 Å². The highest BCUT2D eigenvalue weighted by atomic mass is 16.5. The lowest BCUT2D eigenvalue weighted by Crippen LogP contribution is -2.44. The predicted octanol–water partition coefficient (Wildman–Crippen LogP) is 2.20. The van der Waals surface area contributed by atoms with Crippen molar-refractivity contribution in [3.8, 4) is 0 Å². The first kappa shape index (κ1) is 17.5. The van der Waals surface area contributed by atoms with E-state index >= 15 is 0 Å². The van der Waals surface area contributed by atoms with Crippen molar-refractivity contribution in [2.24, 2.45) is 5.92 Å². The second-order valence-electron chi connectivity index (χ2n) is 6.74. The Morgan fingerprint density at radius 3 is 3.04 bits per heavy atom. The molecule has 3 heterocycles. The molecule has 7 nitrogen and oxygen atoms in total. The molecule has 2 unspecified atom stereocenters. The van der Waals surface area contributed by atoms with E-state index in [0.29, 0.717) is 11.7 Å². The molecule has 134 valence electrons. The summed E-state index contributed by atoms with van der Waals surface area (Å²) >= 11 is 0. The Labute approximate surface area is 148 Å². The van der Waals surface area contributed by atoms with E-state index in [1.54, 1.807) is 18.0 Å². The van der Waals surface area contributed by atoms with E-state index in [4.69, 9.17) is 4.52 Å². The van der Waals surface area contributed by atoms with Gasteiger partial charge in [0, 0.05) is 32.5 Å². The minimum Gasteiger partial charge on any atom is -0.337 e. The lowest BCUT2D eigenvalue weighted by Gasteiger charge is -2.35. The van der Waals surface area contributed by atoms with Crippen LogP contribution in [0.5, 0.6) is 0 Å². The van der Waals surface area contributed by atoms with Gasteiger partial charge in [-0.25, -0.2) is 0 Å². The maximum Gasteiger partial charge on any atom is 0.249 e. The zero-order valence-corrected chi connectivity index (χ0v) is 15.1. The van der Waals surface area contributed by atoms with Crippen LogP contribution in [-0.2, 0) is 11.3 Å². The third-order valence-electron chi connectivity index (χ3n) is 4.81. The number of hydrogen-bond acceptors (Lipinski definition) is 6. The summed E-state index contributed by atoms with van der Waals surface area (Å²) in [7, 11) is 1.81. The second kappa shape index (κ2) is 7.74. The van der Waals surface area contributed by atoms with E-state index in [2.05, 4.69) is 26.1 Å². The van der Waals surface area contributed by atoms with Crippen LogP contribution in [0.4, 0.5) is 0 Å². The molecule has 2 atom stereocenters. The Hall–Kier alpha value is -2.28. The number of aryl methyl sites for hydroxylation is 1. The lowest BCUT2D eigenvalue weighted by molar-refractivity contribution is -0.138. The van der Waals surface area contributed by atoms with Crippen LogP contribution in [0.2, 0.25) is 0 Å². The molecule has 2 aromatic heterocycles. The zero-order valence-electron chi connectivity index (χ0n) is 15.1. The Morgan fingerprint density at radius 1 is 1.52 bits per heavy atom. The zero-order chi connectivity index (χ0) is 17.8. The molecule has 0 aromatic carbocycles. The molecule has 1 aliphatic heterocycles. The van der Waals surface area contributed by atoms with Crippen LogP contribution in [0.15, 0.2) is 29.0 Å². The molecule has 1 fully saturated rings. The van der Waals surface area contributed by atoms with Crippen molar-refractivity contribution in [2.45, 2.75) is 39.3 Å². The number of rotatable bonds is 5. The van der Waals surface area contributed by atoms with Gasteiger partial charge in [0.2, 0.25) is 11.8 Å². The van der Waals surface area contributed by atoms with Gasteiger partial charge < -0.3 is 9.42 Å². The van der Waals surface area contributed by atoms with Gasteiger partial charge in [-0.1, -0.05) is 11.2 Å². The summed E-state index contributed by atoms with van der Waals surface area (Å²) in [6.45, 7) is 6.31. The minimum absolute atomic E-state index is 0.00175. The molecule has 1 aliphatic rings. The van der Waals surface area contributed by atoms with E-state index in [1.165, 1.54) is 5.56 Å².